The Labute approximate surface area is 52.9 Å². The number of hydrazine groups is 5. The van der Waals surface area contributed by atoms with Crippen molar-refractivity contribution in [2.24, 2.45) is 17.5 Å². The molecule has 1 heterocycles. The van der Waals surface area contributed by atoms with Gasteiger partial charge in [-0.25, -0.2) is 16.8 Å². The molecule has 0 saturated carbocycles. The molecule has 0 aliphatic carbocycles. The molecule has 0 aromatic rings. The van der Waals surface area contributed by atoms with Crippen molar-refractivity contribution in [2.75, 3.05) is 6.54 Å². The van der Waals surface area contributed by atoms with Gasteiger partial charge in [0.1, 0.15) is 0 Å². The molecule has 0 amide bonds. The van der Waals surface area contributed by atoms with Crippen molar-refractivity contribution in [3.63, 3.8) is 0 Å². The molecule has 0 aromatic carbocycles. The predicted octanol–water partition coefficient (Wildman–Crippen LogP) is -2.13. The molecule has 0 radical (unpaired) electrons. The standard InChI is InChI=1S/C3H10N6/c4-7-2-1-3-8(5)9(7)6/h1-2H,3-6H2. The fourth-order valence-corrected chi connectivity index (χ4v) is 0.548. The summed E-state index contributed by atoms with van der Waals surface area (Å²) in [5.74, 6) is 15.9. The van der Waals surface area contributed by atoms with Crippen molar-refractivity contribution >= 4 is 0 Å². The lowest BCUT2D eigenvalue weighted by Crippen LogP contribution is -2.62. The zero-order chi connectivity index (χ0) is 6.85. The van der Waals surface area contributed by atoms with Crippen LogP contribution < -0.4 is 17.5 Å². The maximum absolute atomic E-state index is 5.33. The molecule has 6 nitrogen and oxygen atoms in total. The highest BCUT2D eigenvalue weighted by Gasteiger charge is 2.12. The number of rotatable bonds is 0. The summed E-state index contributed by atoms with van der Waals surface area (Å²) in [5, 5.41) is 3.57. The summed E-state index contributed by atoms with van der Waals surface area (Å²) in [5.41, 5.74) is 0. The van der Waals surface area contributed by atoms with Crippen LogP contribution in [0.25, 0.3) is 0 Å². The van der Waals surface area contributed by atoms with Crippen LogP contribution >= 0.6 is 0 Å². The lowest BCUT2D eigenvalue weighted by molar-refractivity contribution is -0.172. The Morgan fingerprint density at radius 3 is 2.33 bits per heavy atom. The average Bonchev–Trinajstić information content (AvgIpc) is 1.83. The van der Waals surface area contributed by atoms with E-state index in [0.717, 1.165) is 5.23 Å². The van der Waals surface area contributed by atoms with E-state index in [0.29, 0.717) is 6.54 Å². The van der Waals surface area contributed by atoms with Gasteiger partial charge in [0.25, 0.3) is 0 Å². The third kappa shape index (κ3) is 1.18. The molecule has 0 unspecified atom stereocenters. The minimum absolute atomic E-state index is 0.574. The van der Waals surface area contributed by atoms with Crippen molar-refractivity contribution in [1.29, 1.82) is 0 Å². The van der Waals surface area contributed by atoms with Crippen LogP contribution in [-0.4, -0.2) is 22.0 Å². The molecule has 52 valence electrons. The molecule has 6 heteroatoms. The quantitative estimate of drug-likeness (QED) is 0.325. The Hall–Kier alpha value is -0.660. The molecule has 9 heavy (non-hydrogen) atoms. The first-order valence-corrected chi connectivity index (χ1v) is 2.49. The molecule has 0 fully saturated rings. The fourth-order valence-electron chi connectivity index (χ4n) is 0.548. The number of hydrogen-bond donors (Lipinski definition) is 3. The second-order valence-electron chi connectivity index (χ2n) is 1.71. The normalized spacial score (nSPS) is 23.2. The first kappa shape index (κ1) is 6.46. The van der Waals surface area contributed by atoms with E-state index < -0.39 is 0 Å². The molecule has 1 rings (SSSR count). The fraction of sp³-hybridized carbons (Fsp3) is 0.333. The molecule has 0 spiro atoms. The number of hydrogen-bond acceptors (Lipinski definition) is 6. The van der Waals surface area contributed by atoms with Gasteiger partial charge in [0, 0.05) is 6.20 Å². The summed E-state index contributed by atoms with van der Waals surface area (Å²) in [6.07, 6.45) is 3.42. The summed E-state index contributed by atoms with van der Waals surface area (Å²) in [6, 6.07) is 0. The van der Waals surface area contributed by atoms with E-state index in [-0.39, 0.29) is 0 Å². The van der Waals surface area contributed by atoms with Gasteiger partial charge in [0.15, 0.2) is 0 Å². The van der Waals surface area contributed by atoms with E-state index in [2.05, 4.69) is 0 Å². The van der Waals surface area contributed by atoms with Gasteiger partial charge >= 0.3 is 0 Å². The Morgan fingerprint density at radius 1 is 1.22 bits per heavy atom. The maximum atomic E-state index is 5.33. The van der Waals surface area contributed by atoms with Gasteiger partial charge in [0.2, 0.25) is 0 Å². The molecule has 1 aliphatic rings. The third-order valence-electron chi connectivity index (χ3n) is 1.05. The molecule has 0 bridgehead atoms. The lowest BCUT2D eigenvalue weighted by Gasteiger charge is -2.34. The predicted molar refractivity (Wildman–Crippen MR) is 32.1 cm³/mol. The lowest BCUT2D eigenvalue weighted by atomic mass is 10.6. The van der Waals surface area contributed by atoms with Crippen LogP contribution in [0.3, 0.4) is 0 Å². The van der Waals surface area contributed by atoms with E-state index in [9.17, 15) is 0 Å². The van der Waals surface area contributed by atoms with Gasteiger partial charge in [-0.15, -0.1) is 5.12 Å². The first-order chi connectivity index (χ1) is 4.22. The van der Waals surface area contributed by atoms with Crippen LogP contribution in [0.2, 0.25) is 0 Å². The van der Waals surface area contributed by atoms with Crippen molar-refractivity contribution < 1.29 is 0 Å². The van der Waals surface area contributed by atoms with Gasteiger partial charge in [0.05, 0.1) is 6.54 Å². The maximum Gasteiger partial charge on any atom is 0.0519 e. The highest BCUT2D eigenvalue weighted by molar-refractivity contribution is 4.83. The van der Waals surface area contributed by atoms with Crippen molar-refractivity contribution in [2.45, 2.75) is 0 Å². The summed E-state index contributed by atoms with van der Waals surface area (Å²) in [4.78, 5) is 0. The highest BCUT2D eigenvalue weighted by Crippen LogP contribution is 1.94. The molecule has 0 aromatic heterocycles. The van der Waals surface area contributed by atoms with E-state index in [1.807, 2.05) is 0 Å². The largest absolute Gasteiger partial charge is 0.252 e. The van der Waals surface area contributed by atoms with Gasteiger partial charge in [-0.3, -0.25) is 5.84 Å². The van der Waals surface area contributed by atoms with Crippen LogP contribution in [-0.2, 0) is 0 Å². The van der Waals surface area contributed by atoms with E-state index >= 15 is 0 Å². The Balaban J connectivity index is 2.58. The molecule has 0 saturated heterocycles. The molecule has 1 aliphatic heterocycles. The van der Waals surface area contributed by atoms with Crippen LogP contribution in [0.1, 0.15) is 0 Å². The third-order valence-corrected chi connectivity index (χ3v) is 1.05. The van der Waals surface area contributed by atoms with E-state index in [4.69, 9.17) is 17.5 Å². The molecule has 6 N–H and O–H groups in total. The SMILES string of the molecule is NN1C=CCN(N)N1N. The zero-order valence-corrected chi connectivity index (χ0v) is 4.94. The molecular formula is C3H10N6. The van der Waals surface area contributed by atoms with Crippen LogP contribution in [0.4, 0.5) is 0 Å². The van der Waals surface area contributed by atoms with Crippen molar-refractivity contribution in [3.05, 3.63) is 12.3 Å². The summed E-state index contributed by atoms with van der Waals surface area (Å²) in [7, 11) is 0. The summed E-state index contributed by atoms with van der Waals surface area (Å²) in [6.45, 7) is 0.574. The van der Waals surface area contributed by atoms with Gasteiger partial charge < -0.3 is 0 Å². The van der Waals surface area contributed by atoms with Crippen LogP contribution in [0, 0.1) is 0 Å². The van der Waals surface area contributed by atoms with Gasteiger partial charge in [-0.2, -0.15) is 0 Å². The van der Waals surface area contributed by atoms with Gasteiger partial charge in [-0.05, 0) is 6.08 Å². The monoisotopic (exact) mass is 130 g/mol. The van der Waals surface area contributed by atoms with Gasteiger partial charge in [-0.1, -0.05) is 5.23 Å². The van der Waals surface area contributed by atoms with Crippen LogP contribution in [0.5, 0.6) is 0 Å². The Morgan fingerprint density at radius 2 is 1.89 bits per heavy atom. The second kappa shape index (κ2) is 2.29. The zero-order valence-electron chi connectivity index (χ0n) is 4.94. The minimum Gasteiger partial charge on any atom is -0.252 e. The van der Waals surface area contributed by atoms with Crippen molar-refractivity contribution in [3.8, 4) is 0 Å². The number of nitrogens with two attached hydrogens (primary N) is 3. The number of nitrogens with zero attached hydrogens (tertiary/aromatic N) is 3. The Kier molecular flexibility index (Phi) is 1.65. The second-order valence-corrected chi connectivity index (χ2v) is 1.71. The van der Waals surface area contributed by atoms with Crippen LogP contribution in [0.15, 0.2) is 12.3 Å². The average molecular weight is 130 g/mol. The smallest absolute Gasteiger partial charge is 0.0519 e. The van der Waals surface area contributed by atoms with E-state index in [1.54, 1.807) is 12.3 Å². The topological polar surface area (TPSA) is 87.8 Å². The highest BCUT2D eigenvalue weighted by atomic mass is 16.1. The first-order valence-electron chi connectivity index (χ1n) is 2.49. The van der Waals surface area contributed by atoms with E-state index in [1.165, 1.54) is 10.2 Å². The Bertz CT molecular complexity index is 121. The molecular weight excluding hydrogens is 120 g/mol. The summed E-state index contributed by atoms with van der Waals surface area (Å²) >= 11 is 0. The summed E-state index contributed by atoms with van der Waals surface area (Å²) < 4.78 is 0. The minimum atomic E-state index is 0.574. The van der Waals surface area contributed by atoms with Crippen molar-refractivity contribution in [1.82, 2.24) is 15.5 Å². The molecule has 0 atom stereocenters.